The molecule has 16 fully saturated rings. The first-order chi connectivity index (χ1) is 36.1. The van der Waals surface area contributed by atoms with Crippen LogP contribution in [0.3, 0.4) is 0 Å². The summed E-state index contributed by atoms with van der Waals surface area (Å²) < 4.78 is 108. The van der Waals surface area contributed by atoms with E-state index in [1.54, 1.807) is 0 Å². The van der Waals surface area contributed by atoms with Crippen molar-refractivity contribution in [2.45, 2.75) is 295 Å². The fourth-order valence-electron chi connectivity index (χ4n) is 17.4. The summed E-state index contributed by atoms with van der Waals surface area (Å²) in [6, 6.07) is 0. The van der Waals surface area contributed by atoms with Crippen molar-refractivity contribution in [1.29, 1.82) is 0 Å². The summed E-state index contributed by atoms with van der Waals surface area (Å²) in [4.78, 5) is 14.5. The molecule has 0 aliphatic carbocycles. The van der Waals surface area contributed by atoms with Crippen molar-refractivity contribution in [3.8, 4) is 0 Å². The van der Waals surface area contributed by atoms with E-state index in [9.17, 15) is 9.90 Å². The third kappa shape index (κ3) is 8.65. The SMILES string of the molecule is C=C1C2C[C@@H]3O[C@H]4C[C@H]5O[C@]6(C[C@@H]7O[C@]8(C[C@H](C)C9OC(O)OCCC9O8)C[C@H](C)C7O6)C[C@H]5O[C@H]4[C@H](C)C3OC(=O)CC3CCC4OC5C6O[C@@H]7C[C@](CCC8CC(=C)[C@H](CC[C@@H](C[C@H]1C)O2)O8)(OC6C4O3)OC57. The Kier molecular flexibility index (Phi) is 12.5. The molecule has 75 heavy (non-hydrogen) atoms. The van der Waals surface area contributed by atoms with Crippen LogP contribution in [0.25, 0.3) is 0 Å². The molecule has 18 heteroatoms. The number of carbonyl (C=O) groups excluding carboxylic acids is 1. The van der Waals surface area contributed by atoms with E-state index in [1.165, 1.54) is 0 Å². The van der Waals surface area contributed by atoms with E-state index in [0.717, 1.165) is 49.7 Å². The minimum atomic E-state index is -1.25. The summed E-state index contributed by atoms with van der Waals surface area (Å²) in [6.45, 7) is 16.9. The Hall–Kier alpha value is -1.69. The average molecular weight is 1050 g/mol. The van der Waals surface area contributed by atoms with Gasteiger partial charge in [0.1, 0.15) is 36.6 Å². The lowest BCUT2D eigenvalue weighted by Crippen LogP contribution is -2.62. The molecule has 16 heterocycles. The largest absolute Gasteiger partial charge is 0.459 e. The molecule has 14 unspecified atom stereocenters. The molecule has 0 aromatic rings. The van der Waals surface area contributed by atoms with E-state index in [4.69, 9.17) is 75.8 Å². The number of rotatable bonds is 0. The lowest BCUT2D eigenvalue weighted by atomic mass is 9.79. The highest BCUT2D eigenvalue weighted by Gasteiger charge is 2.70. The molecule has 18 nitrogen and oxygen atoms in total. The van der Waals surface area contributed by atoms with E-state index in [-0.39, 0.29) is 146 Å². The second kappa shape index (κ2) is 18.7. The molecule has 16 aliphatic rings. The third-order valence-corrected chi connectivity index (χ3v) is 20.9. The van der Waals surface area contributed by atoms with Crippen molar-refractivity contribution in [1.82, 2.24) is 0 Å². The van der Waals surface area contributed by atoms with Crippen LogP contribution in [0.1, 0.15) is 137 Å². The van der Waals surface area contributed by atoms with E-state index in [1.807, 2.05) is 0 Å². The van der Waals surface area contributed by atoms with Crippen LogP contribution in [0.4, 0.5) is 0 Å². The summed E-state index contributed by atoms with van der Waals surface area (Å²) >= 11 is 0. The topological polar surface area (TPSA) is 185 Å². The Morgan fingerprint density at radius 1 is 0.467 bits per heavy atom. The Balaban J connectivity index is 0.672. The molecule has 3 spiro atoms. The highest BCUT2D eigenvalue weighted by molar-refractivity contribution is 5.70. The van der Waals surface area contributed by atoms with Gasteiger partial charge >= 0.3 is 5.97 Å². The summed E-state index contributed by atoms with van der Waals surface area (Å²) in [6.07, 6.45) is 5.19. The second-order valence-electron chi connectivity index (χ2n) is 26.1. The average Bonchev–Trinajstić information content (AvgIpc) is 4.21. The van der Waals surface area contributed by atoms with Crippen LogP contribution in [0.15, 0.2) is 24.3 Å². The smallest absolute Gasteiger partial charge is 0.308 e. The lowest BCUT2D eigenvalue weighted by Gasteiger charge is -2.52. The lowest BCUT2D eigenvalue weighted by molar-refractivity contribution is -0.368. The highest BCUT2D eigenvalue weighted by atomic mass is 16.8. The van der Waals surface area contributed by atoms with Crippen molar-refractivity contribution < 1.29 is 85.7 Å². The van der Waals surface area contributed by atoms with E-state index >= 15 is 0 Å². The number of aliphatic hydroxyl groups excluding tert-OH is 1. The van der Waals surface area contributed by atoms with Gasteiger partial charge in [-0.15, -0.1) is 0 Å². The van der Waals surface area contributed by atoms with Crippen LogP contribution in [0.5, 0.6) is 0 Å². The predicted molar refractivity (Wildman–Crippen MR) is 258 cm³/mol. The first kappa shape index (κ1) is 50.3. The van der Waals surface area contributed by atoms with Gasteiger partial charge in [-0.2, -0.15) is 0 Å². The minimum Gasteiger partial charge on any atom is -0.459 e. The van der Waals surface area contributed by atoms with Gasteiger partial charge in [0, 0.05) is 57.3 Å². The van der Waals surface area contributed by atoms with Crippen LogP contribution in [0.2, 0.25) is 0 Å². The molecule has 0 radical (unpaired) electrons. The molecule has 30 atom stereocenters. The maximum atomic E-state index is 14.5. The molecule has 1 N–H and O–H groups in total. The summed E-state index contributed by atoms with van der Waals surface area (Å²) in [5.74, 6) is -2.61. The first-order valence-electron chi connectivity index (χ1n) is 29.3. The van der Waals surface area contributed by atoms with Crippen LogP contribution < -0.4 is 0 Å². The molecule has 0 amide bonds. The van der Waals surface area contributed by atoms with Gasteiger partial charge in [-0.05, 0) is 80.3 Å². The van der Waals surface area contributed by atoms with Crippen molar-refractivity contribution in [2.75, 3.05) is 6.61 Å². The van der Waals surface area contributed by atoms with Crippen molar-refractivity contribution in [2.24, 2.45) is 23.7 Å². The molecule has 416 valence electrons. The second-order valence-corrected chi connectivity index (χ2v) is 26.1. The molecular weight excluding hydrogens is 973 g/mol. The number of fused-ring (bicyclic) bond motifs is 10. The van der Waals surface area contributed by atoms with E-state index in [0.29, 0.717) is 70.8 Å². The van der Waals surface area contributed by atoms with Crippen LogP contribution in [-0.2, 0) is 80.6 Å². The van der Waals surface area contributed by atoms with Gasteiger partial charge in [0.05, 0.1) is 111 Å². The van der Waals surface area contributed by atoms with Gasteiger partial charge in [-0.25, -0.2) is 0 Å². The quantitative estimate of drug-likeness (QED) is 0.228. The molecular formula is C57H80O18. The monoisotopic (exact) mass is 1050 g/mol. The highest BCUT2D eigenvalue weighted by Crippen LogP contribution is 2.57. The standard InChI is InChI=1S/C57H80O18/c1-25-15-31-7-9-34-26(2)16-33(61-34)11-13-55-23-42-50(74-55)51-52(67-42)53(75-55)49-35(65-51)10-8-32(63-49)17-44(58)68-48-30(6)47-40(64-39(48)18-37(62-31)29(25)5)19-38-41(66-47)22-57(71-38)24-43-46(73-57)28(4)21-56(72-43)20-27(3)45-36(70-56)12-14-60-54(59)69-45/h25,27-28,30-43,45-54,59H,2,5,7-24H2,1,3-4,6H3/t25-,27+,28+,30+,31+,32?,33?,34+,35?,36?,37?,38-,39+,40+,41-,42-,43+,45?,46?,47+,48?,49?,50?,51?,52?,53?,54?,55+,56-,57-/m1/s1. The molecule has 16 rings (SSSR count). The van der Waals surface area contributed by atoms with Gasteiger partial charge in [0.2, 0.25) is 0 Å². The molecule has 16 aliphatic heterocycles. The van der Waals surface area contributed by atoms with Gasteiger partial charge in [-0.3, -0.25) is 4.79 Å². The van der Waals surface area contributed by atoms with Crippen molar-refractivity contribution in [3.63, 3.8) is 0 Å². The number of ether oxygens (including phenoxy) is 16. The Morgan fingerprint density at radius 3 is 2.03 bits per heavy atom. The van der Waals surface area contributed by atoms with E-state index in [2.05, 4.69) is 40.9 Å². The van der Waals surface area contributed by atoms with Gasteiger partial charge in [0.15, 0.2) is 17.4 Å². The molecule has 12 bridgehead atoms. The Morgan fingerprint density at radius 2 is 1.15 bits per heavy atom. The van der Waals surface area contributed by atoms with Gasteiger partial charge in [0.25, 0.3) is 6.48 Å². The molecule has 0 aromatic heterocycles. The molecule has 0 saturated carbocycles. The normalized spacial score (nSPS) is 59.1. The van der Waals surface area contributed by atoms with Gasteiger partial charge in [-0.1, -0.05) is 40.9 Å². The number of hydrogen-bond donors (Lipinski definition) is 1. The maximum Gasteiger partial charge on any atom is 0.308 e. The number of esters is 1. The zero-order valence-corrected chi connectivity index (χ0v) is 44.1. The molecule has 16 saturated heterocycles. The van der Waals surface area contributed by atoms with E-state index < -0.39 is 48.3 Å². The summed E-state index contributed by atoms with van der Waals surface area (Å²) in [7, 11) is 0. The maximum absolute atomic E-state index is 14.5. The third-order valence-electron chi connectivity index (χ3n) is 20.9. The first-order valence-corrected chi connectivity index (χ1v) is 29.3. The Bertz CT molecular complexity index is 2230. The fraction of sp³-hybridized carbons (Fsp3) is 0.912. The fourth-order valence-corrected chi connectivity index (χ4v) is 17.4. The van der Waals surface area contributed by atoms with Gasteiger partial charge < -0.3 is 80.9 Å². The number of aliphatic hydroxyl groups is 1. The number of carbonyl (C=O) groups is 1. The zero-order chi connectivity index (χ0) is 50.9. The van der Waals surface area contributed by atoms with Crippen molar-refractivity contribution >= 4 is 5.97 Å². The number of hydrogen-bond acceptors (Lipinski definition) is 18. The predicted octanol–water partition coefficient (Wildman–Crippen LogP) is 5.75. The summed E-state index contributed by atoms with van der Waals surface area (Å²) in [5.41, 5.74) is 2.17. The van der Waals surface area contributed by atoms with Crippen molar-refractivity contribution in [3.05, 3.63) is 24.3 Å². The van der Waals surface area contributed by atoms with Crippen LogP contribution >= 0.6 is 0 Å². The minimum absolute atomic E-state index is 0.00747. The van der Waals surface area contributed by atoms with Crippen LogP contribution in [-0.4, -0.2) is 176 Å². The molecule has 0 aromatic carbocycles. The zero-order valence-electron chi connectivity index (χ0n) is 44.1. The van der Waals surface area contributed by atoms with Crippen LogP contribution in [0, 0.1) is 23.7 Å². The Labute approximate surface area is 439 Å². The summed E-state index contributed by atoms with van der Waals surface area (Å²) in [5, 5.41) is 10.2.